The Hall–Kier alpha value is -5.58. The zero-order valence-electron chi connectivity index (χ0n) is 23.4. The van der Waals surface area contributed by atoms with Gasteiger partial charge >= 0.3 is 0 Å². The summed E-state index contributed by atoms with van der Waals surface area (Å²) in [6.45, 7) is 0. The highest BCUT2D eigenvalue weighted by atomic mass is 35.5. The second-order valence-corrected chi connectivity index (χ2v) is 11.1. The Kier molecular flexibility index (Phi) is 6.10. The quantitative estimate of drug-likeness (QED) is 0.189. The third kappa shape index (κ3) is 3.89. The smallest absolute Gasteiger partial charge is 0.265 e. The minimum atomic E-state index is -0.691. The molecule has 0 N–H and O–H groups in total. The Balaban J connectivity index is 1.60. The van der Waals surface area contributed by atoms with Crippen molar-refractivity contribution < 1.29 is 9.59 Å². The number of halogens is 1. The van der Waals surface area contributed by atoms with Crippen LogP contribution in [0.4, 0.5) is 0 Å². The number of benzene rings is 6. The van der Waals surface area contributed by atoms with Gasteiger partial charge in [0, 0.05) is 22.3 Å². The number of rotatable bonds is 5. The Morgan fingerprint density at radius 2 is 1.00 bits per heavy atom. The maximum atomic E-state index is 14.8. The Morgan fingerprint density at radius 3 is 1.52 bits per heavy atom. The van der Waals surface area contributed by atoms with Crippen LogP contribution in [0.2, 0.25) is 0 Å². The largest absolute Gasteiger partial charge is 0.276 e. The number of imidazole rings is 1. The summed E-state index contributed by atoms with van der Waals surface area (Å²) in [4.78, 5) is 33.5. The standard InChI is InChI=1S/C39H23ClN2O2/c40-37(43)33-31(26-18-9-3-10-19-26)30(25-16-7-2-8-17-25)32(27-20-11-4-12-21-27)34-35(33)39(44)42-36-28(24-14-5-1-6-15-24)22-13-23-29(36)41-38(34)42/h1-23H. The zero-order chi connectivity index (χ0) is 29.8. The van der Waals surface area contributed by atoms with Crippen LogP contribution in [0, 0.1) is 0 Å². The lowest BCUT2D eigenvalue weighted by Crippen LogP contribution is -2.12. The van der Waals surface area contributed by atoms with E-state index in [1.54, 1.807) is 4.57 Å². The molecule has 6 aromatic carbocycles. The number of carbonyl (C=O) groups is 2. The van der Waals surface area contributed by atoms with Gasteiger partial charge in [0.05, 0.1) is 22.2 Å². The van der Waals surface area contributed by atoms with E-state index < -0.39 is 5.24 Å². The van der Waals surface area contributed by atoms with E-state index in [1.165, 1.54) is 0 Å². The predicted molar refractivity (Wildman–Crippen MR) is 177 cm³/mol. The molecule has 0 atom stereocenters. The van der Waals surface area contributed by atoms with E-state index in [0.717, 1.165) is 38.9 Å². The molecule has 0 saturated heterocycles. The van der Waals surface area contributed by atoms with E-state index >= 15 is 0 Å². The SMILES string of the molecule is O=C(Cl)c1c2c(c(-c3ccccc3)c(-c3ccccc3)c1-c1ccccc1)-c1nc3cccc(-c4ccccc4)c3n1C2=O. The molecule has 1 aromatic heterocycles. The summed E-state index contributed by atoms with van der Waals surface area (Å²) in [6.07, 6.45) is 0. The second kappa shape index (κ2) is 10.3. The summed E-state index contributed by atoms with van der Waals surface area (Å²) in [5, 5.41) is -0.691. The van der Waals surface area contributed by atoms with Crippen LogP contribution in [0.3, 0.4) is 0 Å². The number of hydrogen-bond donors (Lipinski definition) is 0. The molecule has 4 nitrogen and oxygen atoms in total. The van der Waals surface area contributed by atoms with Crippen LogP contribution >= 0.6 is 11.6 Å². The van der Waals surface area contributed by atoms with E-state index in [4.69, 9.17) is 16.6 Å². The molecule has 5 heteroatoms. The fourth-order valence-corrected chi connectivity index (χ4v) is 6.71. The van der Waals surface area contributed by atoms with Gasteiger partial charge < -0.3 is 0 Å². The molecule has 1 aliphatic rings. The molecule has 208 valence electrons. The molecule has 1 aliphatic heterocycles. The van der Waals surface area contributed by atoms with Crippen molar-refractivity contribution in [3.63, 3.8) is 0 Å². The van der Waals surface area contributed by atoms with Crippen molar-refractivity contribution in [1.82, 2.24) is 9.55 Å². The van der Waals surface area contributed by atoms with Crippen LogP contribution in [0.15, 0.2) is 140 Å². The molecular formula is C39H23ClN2O2. The van der Waals surface area contributed by atoms with Crippen LogP contribution in [0.25, 0.3) is 66.9 Å². The van der Waals surface area contributed by atoms with Crippen molar-refractivity contribution in [3.8, 4) is 55.9 Å². The second-order valence-electron chi connectivity index (χ2n) is 10.7. The first kappa shape index (κ1) is 26.1. The summed E-state index contributed by atoms with van der Waals surface area (Å²) in [5.41, 5.74) is 9.20. The highest BCUT2D eigenvalue weighted by Gasteiger charge is 2.40. The highest BCUT2D eigenvalue weighted by molar-refractivity contribution is 6.69. The molecule has 0 unspecified atom stereocenters. The predicted octanol–water partition coefficient (Wildman–Crippen LogP) is 9.75. The Morgan fingerprint density at radius 1 is 0.523 bits per heavy atom. The molecule has 2 heterocycles. The van der Waals surface area contributed by atoms with E-state index in [1.807, 2.05) is 140 Å². The van der Waals surface area contributed by atoms with Gasteiger partial charge in [-0.2, -0.15) is 0 Å². The third-order valence-electron chi connectivity index (χ3n) is 8.29. The highest BCUT2D eigenvalue weighted by Crippen LogP contribution is 2.53. The number of aromatic nitrogens is 2. The lowest BCUT2D eigenvalue weighted by Gasteiger charge is -2.22. The molecule has 0 aliphatic carbocycles. The van der Waals surface area contributed by atoms with Crippen LogP contribution in [-0.4, -0.2) is 20.7 Å². The van der Waals surface area contributed by atoms with Crippen LogP contribution in [0.1, 0.15) is 20.7 Å². The van der Waals surface area contributed by atoms with Gasteiger partial charge in [-0.15, -0.1) is 0 Å². The van der Waals surface area contributed by atoms with Gasteiger partial charge in [-0.1, -0.05) is 133 Å². The van der Waals surface area contributed by atoms with Gasteiger partial charge in [-0.05, 0) is 45.5 Å². The lowest BCUT2D eigenvalue weighted by molar-refractivity contribution is 0.0965. The average molecular weight is 587 g/mol. The molecule has 8 rings (SSSR count). The van der Waals surface area contributed by atoms with Crippen LogP contribution < -0.4 is 0 Å². The molecular weight excluding hydrogens is 564 g/mol. The van der Waals surface area contributed by atoms with E-state index in [-0.39, 0.29) is 17.0 Å². The average Bonchev–Trinajstić information content (AvgIpc) is 3.60. The van der Waals surface area contributed by atoms with Crippen molar-refractivity contribution in [1.29, 1.82) is 0 Å². The number of para-hydroxylation sites is 1. The Bertz CT molecular complexity index is 2240. The van der Waals surface area contributed by atoms with Gasteiger partial charge in [-0.25, -0.2) is 4.98 Å². The Labute approximate surface area is 258 Å². The van der Waals surface area contributed by atoms with Crippen molar-refractivity contribution in [2.75, 3.05) is 0 Å². The van der Waals surface area contributed by atoms with Crippen molar-refractivity contribution in [2.45, 2.75) is 0 Å². The van der Waals surface area contributed by atoms with Crippen molar-refractivity contribution in [3.05, 3.63) is 151 Å². The number of nitrogens with zero attached hydrogens (tertiary/aromatic N) is 2. The first-order valence-electron chi connectivity index (χ1n) is 14.4. The van der Waals surface area contributed by atoms with Crippen molar-refractivity contribution >= 4 is 33.8 Å². The zero-order valence-corrected chi connectivity index (χ0v) is 24.1. The molecule has 0 saturated carbocycles. The molecule has 0 amide bonds. The van der Waals surface area contributed by atoms with Gasteiger partial charge in [0.2, 0.25) is 0 Å². The minimum Gasteiger partial charge on any atom is -0.276 e. The minimum absolute atomic E-state index is 0.187. The van der Waals surface area contributed by atoms with Gasteiger partial charge in [0.1, 0.15) is 5.82 Å². The fourth-order valence-electron chi connectivity index (χ4n) is 6.52. The van der Waals surface area contributed by atoms with Crippen molar-refractivity contribution in [2.24, 2.45) is 0 Å². The van der Waals surface area contributed by atoms with E-state index in [2.05, 4.69) is 0 Å². The molecule has 0 fully saturated rings. The van der Waals surface area contributed by atoms with E-state index in [0.29, 0.717) is 28.0 Å². The molecule has 0 radical (unpaired) electrons. The number of carbonyl (C=O) groups excluding carboxylic acids is 2. The van der Waals surface area contributed by atoms with E-state index in [9.17, 15) is 9.59 Å². The van der Waals surface area contributed by atoms with Crippen LogP contribution in [-0.2, 0) is 0 Å². The normalized spacial score (nSPS) is 11.9. The first-order chi connectivity index (χ1) is 21.6. The first-order valence-corrected chi connectivity index (χ1v) is 14.7. The maximum Gasteiger partial charge on any atom is 0.265 e. The molecule has 7 aromatic rings. The topological polar surface area (TPSA) is 52.0 Å². The van der Waals surface area contributed by atoms with Gasteiger partial charge in [0.25, 0.3) is 11.1 Å². The fraction of sp³-hybridized carbons (Fsp3) is 0. The molecule has 0 spiro atoms. The van der Waals surface area contributed by atoms with Crippen LogP contribution in [0.5, 0.6) is 0 Å². The summed E-state index contributed by atoms with van der Waals surface area (Å²) < 4.78 is 1.67. The summed E-state index contributed by atoms with van der Waals surface area (Å²) in [6, 6.07) is 45.5. The number of fused-ring (bicyclic) bond motifs is 5. The number of hydrogen-bond acceptors (Lipinski definition) is 3. The van der Waals surface area contributed by atoms with Gasteiger partial charge in [-0.3, -0.25) is 14.2 Å². The maximum absolute atomic E-state index is 14.8. The third-order valence-corrected chi connectivity index (χ3v) is 8.47. The van der Waals surface area contributed by atoms with Gasteiger partial charge in [0.15, 0.2) is 0 Å². The summed E-state index contributed by atoms with van der Waals surface area (Å²) in [5.74, 6) is 0.178. The molecule has 0 bridgehead atoms. The lowest BCUT2D eigenvalue weighted by atomic mass is 9.79. The summed E-state index contributed by atoms with van der Waals surface area (Å²) in [7, 11) is 0. The molecule has 44 heavy (non-hydrogen) atoms. The monoisotopic (exact) mass is 586 g/mol. The summed E-state index contributed by atoms with van der Waals surface area (Å²) >= 11 is 6.50.